The zero-order valence-electron chi connectivity index (χ0n) is 16.2. The Bertz CT molecular complexity index is 536. The van der Waals surface area contributed by atoms with Crippen molar-refractivity contribution in [1.29, 1.82) is 0 Å². The number of aryl methyl sites for hydroxylation is 3. The zero-order chi connectivity index (χ0) is 18.1. The van der Waals surface area contributed by atoms with E-state index in [0.717, 1.165) is 70.6 Å². The highest BCUT2D eigenvalue weighted by atomic mass is 16.5. The Balaban J connectivity index is 1.60. The molecule has 0 aliphatic carbocycles. The number of nitrogens with zero attached hydrogens (tertiary/aromatic N) is 4. The first-order chi connectivity index (χ1) is 12.1. The second kappa shape index (κ2) is 10.4. The molecule has 0 aromatic carbocycles. The average Bonchev–Trinajstić information content (AvgIpc) is 2.92. The van der Waals surface area contributed by atoms with E-state index in [0.29, 0.717) is 5.92 Å². The minimum absolute atomic E-state index is 0.575. The zero-order valence-corrected chi connectivity index (χ0v) is 16.2. The summed E-state index contributed by atoms with van der Waals surface area (Å²) >= 11 is 0. The van der Waals surface area contributed by atoms with Gasteiger partial charge >= 0.3 is 0 Å². The van der Waals surface area contributed by atoms with Crippen molar-refractivity contribution in [1.82, 2.24) is 25.3 Å². The lowest BCUT2D eigenvalue weighted by Crippen LogP contribution is -2.44. The number of rotatable bonds is 8. The fourth-order valence-corrected chi connectivity index (χ4v) is 3.12. The number of nitrogens with one attached hydrogen (secondary N) is 2. The van der Waals surface area contributed by atoms with Gasteiger partial charge in [0.1, 0.15) is 0 Å². The maximum absolute atomic E-state index is 5.40. The summed E-state index contributed by atoms with van der Waals surface area (Å²) in [6.45, 7) is 14.1. The van der Waals surface area contributed by atoms with E-state index in [2.05, 4.69) is 50.2 Å². The molecule has 1 unspecified atom stereocenters. The SMILES string of the molecule is CN=C(NCCCn1nc(C)cc1C)NCC(C)CN1CCOCC1. The number of morpholine rings is 1. The Labute approximate surface area is 151 Å². The number of guanidine groups is 1. The summed E-state index contributed by atoms with van der Waals surface area (Å²) in [4.78, 5) is 6.78. The van der Waals surface area contributed by atoms with Crippen LogP contribution in [0.2, 0.25) is 0 Å². The van der Waals surface area contributed by atoms with E-state index in [4.69, 9.17) is 4.74 Å². The molecule has 2 rings (SSSR count). The molecule has 0 radical (unpaired) electrons. The van der Waals surface area contributed by atoms with Crippen LogP contribution in [0.3, 0.4) is 0 Å². The average molecular weight is 351 g/mol. The van der Waals surface area contributed by atoms with Crippen LogP contribution < -0.4 is 10.6 Å². The van der Waals surface area contributed by atoms with Crippen LogP contribution in [0.4, 0.5) is 0 Å². The van der Waals surface area contributed by atoms with Crippen molar-refractivity contribution in [2.75, 3.05) is 53.0 Å². The van der Waals surface area contributed by atoms with Gasteiger partial charge in [0.25, 0.3) is 0 Å². The molecule has 1 aromatic rings. The lowest BCUT2D eigenvalue weighted by atomic mass is 10.1. The van der Waals surface area contributed by atoms with E-state index < -0.39 is 0 Å². The molecule has 25 heavy (non-hydrogen) atoms. The highest BCUT2D eigenvalue weighted by molar-refractivity contribution is 5.79. The third-order valence-corrected chi connectivity index (χ3v) is 4.46. The minimum atomic E-state index is 0.575. The van der Waals surface area contributed by atoms with E-state index >= 15 is 0 Å². The number of aromatic nitrogens is 2. The summed E-state index contributed by atoms with van der Waals surface area (Å²) < 4.78 is 7.47. The predicted molar refractivity (Wildman–Crippen MR) is 102 cm³/mol. The molecular formula is C18H34N6O. The molecule has 1 saturated heterocycles. The van der Waals surface area contributed by atoms with Gasteiger partial charge in [-0.3, -0.25) is 14.6 Å². The van der Waals surface area contributed by atoms with Crippen LogP contribution in [0.15, 0.2) is 11.1 Å². The van der Waals surface area contributed by atoms with Crippen molar-refractivity contribution in [2.45, 2.75) is 33.7 Å². The van der Waals surface area contributed by atoms with Crippen molar-refractivity contribution in [3.63, 3.8) is 0 Å². The fourth-order valence-electron chi connectivity index (χ4n) is 3.12. The van der Waals surface area contributed by atoms with Gasteiger partial charge < -0.3 is 15.4 Å². The Morgan fingerprint density at radius 2 is 2.08 bits per heavy atom. The number of hydrogen-bond acceptors (Lipinski definition) is 4. The van der Waals surface area contributed by atoms with Crippen LogP contribution in [-0.4, -0.2) is 73.6 Å². The van der Waals surface area contributed by atoms with Crippen LogP contribution in [0.25, 0.3) is 0 Å². The lowest BCUT2D eigenvalue weighted by Gasteiger charge is -2.29. The van der Waals surface area contributed by atoms with Crippen molar-refractivity contribution in [3.05, 3.63) is 17.5 Å². The monoisotopic (exact) mass is 350 g/mol. The molecule has 2 heterocycles. The summed E-state index contributed by atoms with van der Waals surface area (Å²) in [5.41, 5.74) is 2.30. The minimum Gasteiger partial charge on any atom is -0.379 e. The van der Waals surface area contributed by atoms with Gasteiger partial charge in [0.2, 0.25) is 0 Å². The molecule has 0 amide bonds. The summed E-state index contributed by atoms with van der Waals surface area (Å²) in [6.07, 6.45) is 1.02. The number of ether oxygens (including phenoxy) is 1. The first-order valence-corrected chi connectivity index (χ1v) is 9.34. The van der Waals surface area contributed by atoms with E-state index in [-0.39, 0.29) is 0 Å². The lowest BCUT2D eigenvalue weighted by molar-refractivity contribution is 0.0320. The van der Waals surface area contributed by atoms with Crippen LogP contribution in [-0.2, 0) is 11.3 Å². The van der Waals surface area contributed by atoms with Crippen molar-refractivity contribution < 1.29 is 4.74 Å². The highest BCUT2D eigenvalue weighted by Crippen LogP contribution is 2.03. The quantitative estimate of drug-likeness (QED) is 0.416. The van der Waals surface area contributed by atoms with Gasteiger partial charge in [-0.05, 0) is 32.3 Å². The van der Waals surface area contributed by atoms with E-state index in [1.807, 2.05) is 14.0 Å². The third-order valence-electron chi connectivity index (χ3n) is 4.46. The van der Waals surface area contributed by atoms with Crippen LogP contribution >= 0.6 is 0 Å². The fraction of sp³-hybridized carbons (Fsp3) is 0.778. The van der Waals surface area contributed by atoms with Crippen molar-refractivity contribution >= 4 is 5.96 Å². The maximum Gasteiger partial charge on any atom is 0.190 e. The van der Waals surface area contributed by atoms with Gasteiger partial charge in [0.05, 0.1) is 18.9 Å². The molecule has 0 saturated carbocycles. The molecule has 2 N–H and O–H groups in total. The third kappa shape index (κ3) is 7.04. The van der Waals surface area contributed by atoms with Crippen LogP contribution in [0.1, 0.15) is 24.7 Å². The Morgan fingerprint density at radius 1 is 1.32 bits per heavy atom. The van der Waals surface area contributed by atoms with E-state index in [1.54, 1.807) is 0 Å². The molecule has 1 aromatic heterocycles. The molecule has 142 valence electrons. The molecule has 1 aliphatic rings. The largest absolute Gasteiger partial charge is 0.379 e. The second-order valence-corrected chi connectivity index (χ2v) is 6.90. The number of hydrogen-bond donors (Lipinski definition) is 2. The smallest absolute Gasteiger partial charge is 0.190 e. The summed E-state index contributed by atoms with van der Waals surface area (Å²) in [7, 11) is 1.82. The second-order valence-electron chi connectivity index (χ2n) is 6.90. The molecule has 0 spiro atoms. The standard InChI is InChI=1S/C18H34N6O/c1-15(14-23-8-10-25-11-9-23)13-21-18(19-4)20-6-5-7-24-17(3)12-16(2)22-24/h12,15H,5-11,13-14H2,1-4H3,(H2,19,20,21). The van der Waals surface area contributed by atoms with Crippen molar-refractivity contribution in [2.24, 2.45) is 10.9 Å². The Kier molecular flexibility index (Phi) is 8.21. The molecule has 1 atom stereocenters. The summed E-state index contributed by atoms with van der Waals surface area (Å²) in [5.74, 6) is 1.45. The molecule has 1 fully saturated rings. The van der Waals surface area contributed by atoms with Crippen LogP contribution in [0.5, 0.6) is 0 Å². The Morgan fingerprint density at radius 3 is 2.72 bits per heavy atom. The molecular weight excluding hydrogens is 316 g/mol. The topological polar surface area (TPSA) is 66.7 Å². The van der Waals surface area contributed by atoms with Gasteiger partial charge in [-0.2, -0.15) is 5.10 Å². The highest BCUT2D eigenvalue weighted by Gasteiger charge is 2.13. The first-order valence-electron chi connectivity index (χ1n) is 9.34. The van der Waals surface area contributed by atoms with Crippen molar-refractivity contribution in [3.8, 4) is 0 Å². The molecule has 7 nitrogen and oxygen atoms in total. The summed E-state index contributed by atoms with van der Waals surface area (Å²) in [5, 5.41) is 11.3. The molecule has 7 heteroatoms. The molecule has 1 aliphatic heterocycles. The van der Waals surface area contributed by atoms with Gasteiger partial charge in [0, 0.05) is 52.0 Å². The normalized spacial score (nSPS) is 17.5. The van der Waals surface area contributed by atoms with Gasteiger partial charge in [-0.15, -0.1) is 0 Å². The summed E-state index contributed by atoms with van der Waals surface area (Å²) in [6, 6.07) is 2.11. The van der Waals surface area contributed by atoms with Gasteiger partial charge in [0.15, 0.2) is 5.96 Å². The first kappa shape index (κ1) is 19.7. The van der Waals surface area contributed by atoms with Gasteiger partial charge in [-0.1, -0.05) is 6.92 Å². The van der Waals surface area contributed by atoms with Crippen LogP contribution in [0, 0.1) is 19.8 Å². The van der Waals surface area contributed by atoms with E-state index in [1.165, 1.54) is 5.69 Å². The predicted octanol–water partition coefficient (Wildman–Crippen LogP) is 1.02. The van der Waals surface area contributed by atoms with E-state index in [9.17, 15) is 0 Å². The maximum atomic E-state index is 5.40. The number of aliphatic imine (C=N–C) groups is 1. The Hall–Kier alpha value is -1.60. The van der Waals surface area contributed by atoms with Gasteiger partial charge in [-0.25, -0.2) is 0 Å². The molecule has 0 bridgehead atoms.